The van der Waals surface area contributed by atoms with Crippen molar-refractivity contribution in [2.75, 3.05) is 11.1 Å². The summed E-state index contributed by atoms with van der Waals surface area (Å²) in [6.45, 7) is 8.89. The first-order chi connectivity index (χ1) is 8.56. The van der Waals surface area contributed by atoms with E-state index in [-0.39, 0.29) is 0 Å². The van der Waals surface area contributed by atoms with Crippen molar-refractivity contribution in [1.82, 2.24) is 0 Å². The quantitative estimate of drug-likeness (QED) is 0.875. The number of thioether (sulfide) groups is 1. The van der Waals surface area contributed by atoms with Crippen LogP contribution in [0.4, 0.5) is 5.69 Å². The summed E-state index contributed by atoms with van der Waals surface area (Å²) in [4.78, 5) is 4.71. The first kappa shape index (κ1) is 13.5. The SMILES string of the molecule is CC(C)c1ccc(NC2=N[C@@H](C(C)C)CS2)cc1. The number of benzene rings is 1. The average Bonchev–Trinajstić information content (AvgIpc) is 2.78. The van der Waals surface area contributed by atoms with Gasteiger partial charge in [-0.3, -0.25) is 4.99 Å². The lowest BCUT2D eigenvalue weighted by Crippen LogP contribution is -2.12. The summed E-state index contributed by atoms with van der Waals surface area (Å²) in [5, 5.41) is 4.47. The number of hydrogen-bond donors (Lipinski definition) is 1. The third-order valence-corrected chi connectivity index (χ3v) is 4.26. The van der Waals surface area contributed by atoms with Gasteiger partial charge in [0.05, 0.1) is 6.04 Å². The molecular weight excluding hydrogens is 240 g/mol. The monoisotopic (exact) mass is 262 g/mol. The third kappa shape index (κ3) is 3.29. The summed E-state index contributed by atoms with van der Waals surface area (Å²) in [6, 6.07) is 9.12. The maximum Gasteiger partial charge on any atom is 0.161 e. The molecule has 0 aromatic heterocycles. The molecule has 0 amide bonds. The second-order valence-electron chi connectivity index (χ2n) is 5.46. The summed E-state index contributed by atoms with van der Waals surface area (Å²) in [5.41, 5.74) is 2.51. The van der Waals surface area contributed by atoms with Crippen molar-refractivity contribution < 1.29 is 0 Å². The molecule has 1 aromatic rings. The average molecular weight is 262 g/mol. The van der Waals surface area contributed by atoms with Gasteiger partial charge in [0.2, 0.25) is 0 Å². The molecule has 0 fully saturated rings. The predicted molar refractivity (Wildman–Crippen MR) is 82.7 cm³/mol. The highest BCUT2D eigenvalue weighted by molar-refractivity contribution is 8.14. The van der Waals surface area contributed by atoms with Crippen LogP contribution in [0.2, 0.25) is 0 Å². The van der Waals surface area contributed by atoms with E-state index >= 15 is 0 Å². The lowest BCUT2D eigenvalue weighted by atomic mass is 10.0. The van der Waals surface area contributed by atoms with Crippen LogP contribution in [0.15, 0.2) is 29.3 Å². The molecule has 0 saturated carbocycles. The summed E-state index contributed by atoms with van der Waals surface area (Å²) < 4.78 is 0. The molecule has 0 aliphatic carbocycles. The van der Waals surface area contributed by atoms with E-state index in [9.17, 15) is 0 Å². The Hall–Kier alpha value is -0.960. The highest BCUT2D eigenvalue weighted by Gasteiger charge is 2.20. The molecule has 1 aromatic carbocycles. The minimum atomic E-state index is 0.465. The van der Waals surface area contributed by atoms with Crippen LogP contribution in [0.1, 0.15) is 39.2 Å². The molecule has 1 heterocycles. The van der Waals surface area contributed by atoms with Crippen molar-refractivity contribution in [3.8, 4) is 0 Å². The van der Waals surface area contributed by atoms with Gasteiger partial charge in [0, 0.05) is 11.4 Å². The van der Waals surface area contributed by atoms with E-state index in [2.05, 4.69) is 57.3 Å². The highest BCUT2D eigenvalue weighted by atomic mass is 32.2. The number of hydrogen-bond acceptors (Lipinski definition) is 3. The van der Waals surface area contributed by atoms with Crippen molar-refractivity contribution in [2.24, 2.45) is 10.9 Å². The van der Waals surface area contributed by atoms with Crippen molar-refractivity contribution in [3.05, 3.63) is 29.8 Å². The molecule has 3 heteroatoms. The smallest absolute Gasteiger partial charge is 0.161 e. The van der Waals surface area contributed by atoms with E-state index in [1.807, 2.05) is 11.8 Å². The summed E-state index contributed by atoms with van der Waals surface area (Å²) >= 11 is 1.82. The van der Waals surface area contributed by atoms with Gasteiger partial charge >= 0.3 is 0 Å². The Bertz CT molecular complexity index is 421. The van der Waals surface area contributed by atoms with Gasteiger partial charge in [0.15, 0.2) is 5.17 Å². The summed E-state index contributed by atoms with van der Waals surface area (Å²) in [6.07, 6.45) is 0. The Morgan fingerprint density at radius 1 is 1.17 bits per heavy atom. The fourth-order valence-corrected chi connectivity index (χ4v) is 3.06. The summed E-state index contributed by atoms with van der Waals surface area (Å²) in [5.74, 6) is 2.31. The van der Waals surface area contributed by atoms with Gasteiger partial charge in [-0.15, -0.1) is 0 Å². The van der Waals surface area contributed by atoms with E-state index in [1.54, 1.807) is 0 Å². The van der Waals surface area contributed by atoms with Crippen LogP contribution in [-0.4, -0.2) is 17.0 Å². The third-order valence-electron chi connectivity index (χ3n) is 3.27. The molecule has 0 spiro atoms. The Morgan fingerprint density at radius 2 is 1.83 bits per heavy atom. The maximum atomic E-state index is 4.71. The van der Waals surface area contributed by atoms with Crippen LogP contribution in [0.25, 0.3) is 0 Å². The lowest BCUT2D eigenvalue weighted by molar-refractivity contribution is 0.543. The van der Waals surface area contributed by atoms with Crippen molar-refractivity contribution >= 4 is 22.6 Å². The number of nitrogens with zero attached hydrogens (tertiary/aromatic N) is 1. The largest absolute Gasteiger partial charge is 0.335 e. The lowest BCUT2D eigenvalue weighted by Gasteiger charge is -2.09. The van der Waals surface area contributed by atoms with Crippen LogP contribution in [0, 0.1) is 5.92 Å². The highest BCUT2D eigenvalue weighted by Crippen LogP contribution is 2.25. The molecule has 1 aliphatic heterocycles. The Morgan fingerprint density at radius 3 is 2.33 bits per heavy atom. The zero-order chi connectivity index (χ0) is 13.1. The second kappa shape index (κ2) is 5.79. The molecule has 2 rings (SSSR count). The van der Waals surface area contributed by atoms with Gasteiger partial charge in [0.1, 0.15) is 0 Å². The van der Waals surface area contributed by atoms with Gasteiger partial charge in [-0.05, 0) is 29.5 Å². The molecule has 2 nitrogen and oxygen atoms in total. The molecule has 1 aliphatic rings. The summed E-state index contributed by atoms with van der Waals surface area (Å²) in [7, 11) is 0. The van der Waals surface area contributed by atoms with Gasteiger partial charge in [0.25, 0.3) is 0 Å². The van der Waals surface area contributed by atoms with E-state index in [4.69, 9.17) is 4.99 Å². The Balaban J connectivity index is 2.00. The molecule has 1 atom stereocenters. The van der Waals surface area contributed by atoms with Crippen LogP contribution in [0.5, 0.6) is 0 Å². The fraction of sp³-hybridized carbons (Fsp3) is 0.533. The molecule has 0 radical (unpaired) electrons. The normalized spacial score (nSPS) is 19.4. The molecule has 0 bridgehead atoms. The van der Waals surface area contributed by atoms with Crippen LogP contribution in [0.3, 0.4) is 0 Å². The van der Waals surface area contributed by atoms with Crippen LogP contribution >= 0.6 is 11.8 Å². The fourth-order valence-electron chi connectivity index (χ4n) is 1.87. The zero-order valence-corrected chi connectivity index (χ0v) is 12.4. The first-order valence-corrected chi connectivity index (χ1v) is 7.62. The Labute approximate surface area is 114 Å². The van der Waals surface area contributed by atoms with E-state index in [0.29, 0.717) is 17.9 Å². The molecule has 1 N–H and O–H groups in total. The molecule has 18 heavy (non-hydrogen) atoms. The minimum absolute atomic E-state index is 0.465. The molecule has 0 unspecified atom stereocenters. The van der Waals surface area contributed by atoms with E-state index in [0.717, 1.165) is 16.6 Å². The number of aliphatic imine (C=N–C) groups is 1. The minimum Gasteiger partial charge on any atom is -0.335 e. The van der Waals surface area contributed by atoms with Crippen molar-refractivity contribution in [1.29, 1.82) is 0 Å². The standard InChI is InChI=1S/C15H22N2S/c1-10(2)12-5-7-13(8-6-12)16-15-17-14(9-18-15)11(3)4/h5-8,10-11,14H,9H2,1-4H3,(H,16,17)/t14-/m1/s1. The van der Waals surface area contributed by atoms with E-state index < -0.39 is 0 Å². The van der Waals surface area contributed by atoms with Gasteiger partial charge in [-0.2, -0.15) is 0 Å². The molecular formula is C15H22N2S. The van der Waals surface area contributed by atoms with Crippen LogP contribution < -0.4 is 5.32 Å². The van der Waals surface area contributed by atoms with Gasteiger partial charge in [-0.25, -0.2) is 0 Å². The van der Waals surface area contributed by atoms with Crippen molar-refractivity contribution in [3.63, 3.8) is 0 Å². The van der Waals surface area contributed by atoms with Crippen molar-refractivity contribution in [2.45, 2.75) is 39.7 Å². The number of nitrogens with one attached hydrogen (secondary N) is 1. The van der Waals surface area contributed by atoms with E-state index in [1.165, 1.54) is 5.56 Å². The van der Waals surface area contributed by atoms with Crippen LogP contribution in [-0.2, 0) is 0 Å². The zero-order valence-electron chi connectivity index (χ0n) is 11.6. The predicted octanol–water partition coefficient (Wildman–Crippen LogP) is 4.35. The van der Waals surface area contributed by atoms with Gasteiger partial charge < -0.3 is 5.32 Å². The molecule has 0 saturated heterocycles. The number of amidine groups is 1. The number of rotatable bonds is 3. The Kier molecular flexibility index (Phi) is 4.33. The first-order valence-electron chi connectivity index (χ1n) is 6.64. The van der Waals surface area contributed by atoms with Gasteiger partial charge in [-0.1, -0.05) is 51.6 Å². The number of anilines is 1. The topological polar surface area (TPSA) is 24.4 Å². The molecule has 98 valence electrons. The maximum absolute atomic E-state index is 4.71. The second-order valence-corrected chi connectivity index (χ2v) is 6.47.